The summed E-state index contributed by atoms with van der Waals surface area (Å²) in [7, 11) is -3.75. The van der Waals surface area contributed by atoms with Gasteiger partial charge in [-0.2, -0.15) is 4.31 Å². The SMILES string of the molecule is Cc1ccc(S(=O)(=O)N2CCC[C@@H](C(=O)Nc3ccccc3F)C2)cc1Cl. The third-order valence-corrected chi connectivity index (χ3v) is 6.94. The zero-order valence-electron chi connectivity index (χ0n) is 14.8. The maximum Gasteiger partial charge on any atom is 0.243 e. The Kier molecular flexibility index (Phi) is 5.83. The predicted octanol–water partition coefficient (Wildman–Crippen LogP) is 3.83. The van der Waals surface area contributed by atoms with E-state index in [0.717, 1.165) is 5.56 Å². The van der Waals surface area contributed by atoms with Crippen molar-refractivity contribution in [3.63, 3.8) is 0 Å². The molecule has 3 rings (SSSR count). The average Bonchev–Trinajstić information content (AvgIpc) is 2.65. The van der Waals surface area contributed by atoms with Crippen molar-refractivity contribution in [1.29, 1.82) is 0 Å². The van der Waals surface area contributed by atoms with Gasteiger partial charge in [0.2, 0.25) is 15.9 Å². The number of hydrogen-bond donors (Lipinski definition) is 1. The number of benzene rings is 2. The molecule has 8 heteroatoms. The zero-order valence-corrected chi connectivity index (χ0v) is 16.4. The molecule has 1 fully saturated rings. The van der Waals surface area contributed by atoms with Crippen LogP contribution in [-0.4, -0.2) is 31.7 Å². The number of para-hydroxylation sites is 1. The van der Waals surface area contributed by atoms with E-state index in [1.54, 1.807) is 19.1 Å². The van der Waals surface area contributed by atoms with Gasteiger partial charge in [-0.25, -0.2) is 12.8 Å². The Morgan fingerprint density at radius 3 is 2.70 bits per heavy atom. The van der Waals surface area contributed by atoms with E-state index in [2.05, 4.69) is 5.32 Å². The van der Waals surface area contributed by atoms with Crippen molar-refractivity contribution in [3.8, 4) is 0 Å². The first-order valence-electron chi connectivity index (χ1n) is 8.61. The number of halogens is 2. The summed E-state index contributed by atoms with van der Waals surface area (Å²) in [5.74, 6) is -1.46. The van der Waals surface area contributed by atoms with Gasteiger partial charge in [-0.05, 0) is 49.6 Å². The summed E-state index contributed by atoms with van der Waals surface area (Å²) in [5, 5.41) is 2.93. The monoisotopic (exact) mass is 410 g/mol. The standard InChI is InChI=1S/C19H20ClFN2O3S/c1-13-8-9-15(11-16(13)20)27(25,26)23-10-4-5-14(12-23)19(24)22-18-7-3-2-6-17(18)21/h2-3,6-9,11,14H,4-5,10,12H2,1H3,(H,22,24)/t14-/m1/s1. The topological polar surface area (TPSA) is 66.5 Å². The minimum absolute atomic E-state index is 0.0497. The van der Waals surface area contributed by atoms with Gasteiger partial charge in [0.1, 0.15) is 5.82 Å². The fraction of sp³-hybridized carbons (Fsp3) is 0.316. The molecule has 0 aliphatic carbocycles. The number of nitrogens with zero attached hydrogens (tertiary/aromatic N) is 1. The van der Waals surface area contributed by atoms with Crippen LogP contribution >= 0.6 is 11.6 Å². The van der Waals surface area contributed by atoms with Crippen LogP contribution in [0.3, 0.4) is 0 Å². The molecule has 2 aromatic rings. The van der Waals surface area contributed by atoms with Crippen LogP contribution in [0.15, 0.2) is 47.4 Å². The van der Waals surface area contributed by atoms with Crippen LogP contribution in [0.2, 0.25) is 5.02 Å². The summed E-state index contributed by atoms with van der Waals surface area (Å²) in [6.45, 7) is 2.17. The maximum atomic E-state index is 13.7. The molecule has 0 unspecified atom stereocenters. The lowest BCUT2D eigenvalue weighted by Crippen LogP contribution is -2.43. The number of piperidine rings is 1. The van der Waals surface area contributed by atoms with E-state index in [1.165, 1.54) is 34.6 Å². The van der Waals surface area contributed by atoms with Gasteiger partial charge in [0.25, 0.3) is 0 Å². The number of sulfonamides is 1. The lowest BCUT2D eigenvalue weighted by molar-refractivity contribution is -0.120. The molecule has 0 aromatic heterocycles. The Bertz CT molecular complexity index is 965. The van der Waals surface area contributed by atoms with Crippen molar-refractivity contribution >= 4 is 33.2 Å². The van der Waals surface area contributed by atoms with Crippen LogP contribution in [0.25, 0.3) is 0 Å². The first-order valence-corrected chi connectivity index (χ1v) is 10.4. The largest absolute Gasteiger partial charge is 0.323 e. The number of anilines is 1. The molecule has 2 aromatic carbocycles. The van der Waals surface area contributed by atoms with Gasteiger partial charge < -0.3 is 5.32 Å². The zero-order chi connectivity index (χ0) is 19.6. The molecule has 5 nitrogen and oxygen atoms in total. The lowest BCUT2D eigenvalue weighted by atomic mass is 9.98. The second kappa shape index (κ2) is 7.96. The summed E-state index contributed by atoms with van der Waals surface area (Å²) in [6.07, 6.45) is 1.09. The number of nitrogens with one attached hydrogen (secondary N) is 1. The molecule has 27 heavy (non-hydrogen) atoms. The molecule has 0 radical (unpaired) electrons. The highest BCUT2D eigenvalue weighted by Gasteiger charge is 2.33. The number of hydrogen-bond acceptors (Lipinski definition) is 3. The minimum Gasteiger partial charge on any atom is -0.323 e. The van der Waals surface area contributed by atoms with E-state index in [0.29, 0.717) is 24.4 Å². The Morgan fingerprint density at radius 1 is 1.26 bits per heavy atom. The number of aryl methyl sites for hydroxylation is 1. The van der Waals surface area contributed by atoms with Crippen molar-refractivity contribution in [1.82, 2.24) is 4.31 Å². The quantitative estimate of drug-likeness (QED) is 0.833. The fourth-order valence-corrected chi connectivity index (χ4v) is 4.85. The number of amides is 1. The molecule has 0 spiro atoms. The molecule has 1 aliphatic heterocycles. The molecule has 1 N–H and O–H groups in total. The molecular weight excluding hydrogens is 391 g/mol. The van der Waals surface area contributed by atoms with E-state index in [-0.39, 0.29) is 23.0 Å². The van der Waals surface area contributed by atoms with Crippen molar-refractivity contribution in [2.75, 3.05) is 18.4 Å². The third kappa shape index (κ3) is 4.31. The Balaban J connectivity index is 1.76. The summed E-state index contributed by atoms with van der Waals surface area (Å²) in [6, 6.07) is 10.5. The third-order valence-electron chi connectivity index (χ3n) is 4.67. The van der Waals surface area contributed by atoms with Gasteiger partial charge >= 0.3 is 0 Å². The highest BCUT2D eigenvalue weighted by atomic mass is 35.5. The van der Waals surface area contributed by atoms with Gasteiger partial charge in [0.05, 0.1) is 16.5 Å². The van der Waals surface area contributed by atoms with Gasteiger partial charge in [-0.1, -0.05) is 29.8 Å². The smallest absolute Gasteiger partial charge is 0.243 e. The number of rotatable bonds is 4. The van der Waals surface area contributed by atoms with Crippen molar-refractivity contribution < 1.29 is 17.6 Å². The van der Waals surface area contributed by atoms with Gasteiger partial charge in [-0.3, -0.25) is 4.79 Å². The predicted molar refractivity (Wildman–Crippen MR) is 103 cm³/mol. The molecule has 1 saturated heterocycles. The van der Waals surface area contributed by atoms with Crippen molar-refractivity contribution in [3.05, 3.63) is 58.9 Å². The highest BCUT2D eigenvalue weighted by molar-refractivity contribution is 7.89. The average molecular weight is 411 g/mol. The summed E-state index contributed by atoms with van der Waals surface area (Å²) in [4.78, 5) is 12.6. The maximum absolute atomic E-state index is 13.7. The highest BCUT2D eigenvalue weighted by Crippen LogP contribution is 2.27. The van der Waals surface area contributed by atoms with E-state index in [9.17, 15) is 17.6 Å². The summed E-state index contributed by atoms with van der Waals surface area (Å²) >= 11 is 6.06. The molecule has 1 heterocycles. The van der Waals surface area contributed by atoms with Crippen LogP contribution in [0.1, 0.15) is 18.4 Å². The minimum atomic E-state index is -3.75. The van der Waals surface area contributed by atoms with Crippen LogP contribution in [0.4, 0.5) is 10.1 Å². The van der Waals surface area contributed by atoms with Crippen molar-refractivity contribution in [2.24, 2.45) is 5.92 Å². The first-order chi connectivity index (χ1) is 12.8. The lowest BCUT2D eigenvalue weighted by Gasteiger charge is -2.31. The molecule has 1 amide bonds. The molecule has 1 aliphatic rings. The molecule has 0 bridgehead atoms. The second-order valence-corrected chi connectivity index (χ2v) is 8.93. The van der Waals surface area contributed by atoms with Crippen LogP contribution in [0, 0.1) is 18.7 Å². The van der Waals surface area contributed by atoms with Crippen LogP contribution in [-0.2, 0) is 14.8 Å². The second-order valence-electron chi connectivity index (χ2n) is 6.58. The van der Waals surface area contributed by atoms with E-state index < -0.39 is 21.8 Å². The van der Waals surface area contributed by atoms with Crippen LogP contribution in [0.5, 0.6) is 0 Å². The Labute approximate surface area is 163 Å². The number of carbonyl (C=O) groups is 1. The van der Waals surface area contributed by atoms with Crippen LogP contribution < -0.4 is 5.32 Å². The summed E-state index contributed by atoms with van der Waals surface area (Å²) < 4.78 is 40.8. The fourth-order valence-electron chi connectivity index (χ4n) is 3.06. The normalized spacial score (nSPS) is 18.3. The van der Waals surface area contributed by atoms with Gasteiger partial charge in [0.15, 0.2) is 0 Å². The number of carbonyl (C=O) groups excluding carboxylic acids is 1. The van der Waals surface area contributed by atoms with E-state index in [1.807, 2.05) is 0 Å². The van der Waals surface area contributed by atoms with E-state index >= 15 is 0 Å². The first kappa shape index (κ1) is 19.8. The molecule has 0 saturated carbocycles. The molecular formula is C19H20ClFN2O3S. The Morgan fingerprint density at radius 2 is 2.00 bits per heavy atom. The Hall–Kier alpha value is -1.96. The summed E-state index contributed by atoms with van der Waals surface area (Å²) in [5.41, 5.74) is 0.879. The van der Waals surface area contributed by atoms with Gasteiger partial charge in [-0.15, -0.1) is 0 Å². The molecule has 1 atom stereocenters. The van der Waals surface area contributed by atoms with Gasteiger partial charge in [0, 0.05) is 18.1 Å². The van der Waals surface area contributed by atoms with E-state index in [4.69, 9.17) is 11.6 Å². The van der Waals surface area contributed by atoms with Crippen molar-refractivity contribution in [2.45, 2.75) is 24.7 Å². The molecule has 144 valence electrons.